The van der Waals surface area contributed by atoms with E-state index in [4.69, 9.17) is 5.73 Å². The summed E-state index contributed by atoms with van der Waals surface area (Å²) in [6.45, 7) is 6.58. The van der Waals surface area contributed by atoms with E-state index >= 15 is 0 Å². The third kappa shape index (κ3) is 3.23. The van der Waals surface area contributed by atoms with Crippen LogP contribution >= 0.6 is 0 Å². The molecule has 3 aromatic rings. The molecule has 0 saturated heterocycles. The van der Waals surface area contributed by atoms with Gasteiger partial charge in [-0.3, -0.25) is 9.88 Å². The molecule has 0 aliphatic carbocycles. The van der Waals surface area contributed by atoms with E-state index in [1.165, 1.54) is 5.69 Å². The van der Waals surface area contributed by atoms with Crippen LogP contribution < -0.4 is 16.0 Å². The number of nitrogens with zero attached hydrogens (tertiary/aromatic N) is 4. The van der Waals surface area contributed by atoms with E-state index in [1.807, 2.05) is 18.2 Å². The smallest absolute Gasteiger partial charge is 0.212 e. The molecule has 0 unspecified atom stereocenters. The number of aliphatic imine (C=N–C) groups is 1. The topological polar surface area (TPSA) is 71.5 Å². The fourth-order valence-electron chi connectivity index (χ4n) is 3.71. The lowest BCUT2D eigenvalue weighted by Gasteiger charge is -2.26. The summed E-state index contributed by atoms with van der Waals surface area (Å²) < 4.78 is 2.11. The molecule has 1 aromatic heterocycles. The van der Waals surface area contributed by atoms with E-state index in [0.717, 1.165) is 48.5 Å². The summed E-state index contributed by atoms with van der Waals surface area (Å²) in [5.41, 5.74) is 10.4. The number of imidazole rings is 1. The van der Waals surface area contributed by atoms with Crippen LogP contribution in [0.25, 0.3) is 11.0 Å². The predicted molar refractivity (Wildman–Crippen MR) is 112 cm³/mol. The molecule has 2 heterocycles. The summed E-state index contributed by atoms with van der Waals surface area (Å²) >= 11 is 0. The first-order valence-electron chi connectivity index (χ1n) is 9.63. The number of aromatic nitrogens is 2. The quantitative estimate of drug-likeness (QED) is 0.696. The van der Waals surface area contributed by atoms with Crippen LogP contribution in [0.4, 0.5) is 11.6 Å². The number of nitrogens with two attached hydrogens (primary N) is 1. The number of hydrogen-bond acceptors (Lipinski definition) is 5. The lowest BCUT2D eigenvalue weighted by molar-refractivity contribution is 0.626. The Morgan fingerprint density at radius 3 is 2.44 bits per heavy atom. The second-order valence-corrected chi connectivity index (χ2v) is 6.89. The minimum atomic E-state index is -0.214. The molecule has 6 nitrogen and oxygen atoms in total. The van der Waals surface area contributed by atoms with Crippen molar-refractivity contribution in [1.29, 1.82) is 0 Å². The minimum Gasteiger partial charge on any atom is -0.372 e. The van der Waals surface area contributed by atoms with Gasteiger partial charge in [0.05, 0.1) is 11.0 Å². The summed E-state index contributed by atoms with van der Waals surface area (Å²) in [5.74, 6) is 1.13. The van der Waals surface area contributed by atoms with Crippen LogP contribution in [0.15, 0.2) is 53.5 Å². The van der Waals surface area contributed by atoms with Gasteiger partial charge in [-0.1, -0.05) is 38.1 Å². The van der Waals surface area contributed by atoms with E-state index < -0.39 is 0 Å². The molecule has 140 valence electrons. The van der Waals surface area contributed by atoms with Gasteiger partial charge in [-0.05, 0) is 42.7 Å². The molecule has 27 heavy (non-hydrogen) atoms. The molecular formula is C21H26N6. The highest BCUT2D eigenvalue weighted by molar-refractivity contribution is 5.94. The van der Waals surface area contributed by atoms with Gasteiger partial charge in [0, 0.05) is 18.8 Å². The zero-order chi connectivity index (χ0) is 18.8. The van der Waals surface area contributed by atoms with Crippen molar-refractivity contribution in [3.63, 3.8) is 0 Å². The Morgan fingerprint density at radius 2 is 1.74 bits per heavy atom. The third-order valence-corrected chi connectivity index (χ3v) is 4.89. The van der Waals surface area contributed by atoms with Crippen molar-refractivity contribution in [2.24, 2.45) is 10.7 Å². The van der Waals surface area contributed by atoms with E-state index in [9.17, 15) is 0 Å². The normalized spacial score (nSPS) is 15.9. The Labute approximate surface area is 159 Å². The highest BCUT2D eigenvalue weighted by Gasteiger charge is 2.25. The molecule has 2 aromatic carbocycles. The van der Waals surface area contributed by atoms with Gasteiger partial charge >= 0.3 is 0 Å². The monoisotopic (exact) mass is 362 g/mol. The van der Waals surface area contributed by atoms with Crippen LogP contribution in [0.3, 0.4) is 0 Å². The van der Waals surface area contributed by atoms with Crippen molar-refractivity contribution >= 4 is 28.6 Å². The number of guanidine groups is 1. The number of fused-ring (bicyclic) bond motifs is 3. The van der Waals surface area contributed by atoms with Gasteiger partial charge in [0.1, 0.15) is 0 Å². The van der Waals surface area contributed by atoms with Gasteiger partial charge in [-0.25, -0.2) is 9.98 Å². The lowest BCUT2D eigenvalue weighted by atomic mass is 10.1. The van der Waals surface area contributed by atoms with Crippen molar-refractivity contribution in [3.8, 4) is 0 Å². The Kier molecular flexibility index (Phi) is 4.71. The fourth-order valence-corrected chi connectivity index (χ4v) is 3.71. The fraction of sp³-hybridized carbons (Fsp3) is 0.333. The van der Waals surface area contributed by atoms with Gasteiger partial charge in [0.15, 0.2) is 12.1 Å². The highest BCUT2D eigenvalue weighted by Crippen LogP contribution is 2.33. The number of nitrogens with one attached hydrogen (secondary N) is 1. The van der Waals surface area contributed by atoms with Crippen molar-refractivity contribution in [2.75, 3.05) is 23.3 Å². The summed E-state index contributed by atoms with van der Waals surface area (Å²) in [5, 5.41) is 3.08. The van der Waals surface area contributed by atoms with Gasteiger partial charge < -0.3 is 10.6 Å². The SMILES string of the molecule is CCCN(CCC)c1ccc([C@@H]2N=C(N)Nc3nc4ccccc4n32)cc1. The molecule has 0 saturated carbocycles. The lowest BCUT2D eigenvalue weighted by Crippen LogP contribution is -2.31. The van der Waals surface area contributed by atoms with Crippen LogP contribution in [0, 0.1) is 0 Å². The molecule has 3 N–H and O–H groups in total. The van der Waals surface area contributed by atoms with Crippen molar-refractivity contribution in [3.05, 3.63) is 54.1 Å². The average Bonchev–Trinajstić information content (AvgIpc) is 3.05. The van der Waals surface area contributed by atoms with Crippen LogP contribution in [0.2, 0.25) is 0 Å². The molecule has 1 atom stereocenters. The number of hydrogen-bond donors (Lipinski definition) is 2. The highest BCUT2D eigenvalue weighted by atomic mass is 15.4. The molecule has 1 aliphatic heterocycles. The Morgan fingerprint density at radius 1 is 1.04 bits per heavy atom. The van der Waals surface area contributed by atoms with Crippen LogP contribution in [-0.2, 0) is 0 Å². The zero-order valence-electron chi connectivity index (χ0n) is 15.9. The van der Waals surface area contributed by atoms with Gasteiger partial charge in [-0.15, -0.1) is 0 Å². The molecule has 0 radical (unpaired) electrons. The standard InChI is InChI=1S/C21H26N6/c1-3-13-26(14-4-2)16-11-9-15(10-12-16)19-24-20(22)25-21-23-17-7-5-6-8-18(17)27(19)21/h5-12,19H,3-4,13-14H2,1-2H3,(H3,22,23,24,25)/t19-/m1/s1. The summed E-state index contributed by atoms with van der Waals surface area (Å²) in [4.78, 5) is 11.7. The third-order valence-electron chi connectivity index (χ3n) is 4.89. The van der Waals surface area contributed by atoms with Gasteiger partial charge in [0.25, 0.3) is 0 Å². The maximum atomic E-state index is 6.03. The number of rotatable bonds is 6. The average molecular weight is 362 g/mol. The van der Waals surface area contributed by atoms with Crippen LogP contribution in [0.1, 0.15) is 38.4 Å². The minimum absolute atomic E-state index is 0.214. The Hall–Kier alpha value is -3.02. The molecule has 1 aliphatic rings. The van der Waals surface area contributed by atoms with Crippen LogP contribution in [0.5, 0.6) is 0 Å². The maximum Gasteiger partial charge on any atom is 0.212 e. The van der Waals surface area contributed by atoms with E-state index in [-0.39, 0.29) is 6.17 Å². The summed E-state index contributed by atoms with van der Waals surface area (Å²) in [6.07, 6.45) is 2.07. The molecule has 6 heteroatoms. The van der Waals surface area contributed by atoms with E-state index in [2.05, 4.69) is 68.9 Å². The first kappa shape index (κ1) is 17.4. The predicted octanol–water partition coefficient (Wildman–Crippen LogP) is 3.95. The largest absolute Gasteiger partial charge is 0.372 e. The second-order valence-electron chi connectivity index (χ2n) is 6.89. The maximum absolute atomic E-state index is 6.03. The number of anilines is 2. The molecule has 0 spiro atoms. The first-order chi connectivity index (χ1) is 13.2. The molecular weight excluding hydrogens is 336 g/mol. The van der Waals surface area contributed by atoms with E-state index in [1.54, 1.807) is 0 Å². The van der Waals surface area contributed by atoms with E-state index in [0.29, 0.717) is 5.96 Å². The van der Waals surface area contributed by atoms with Crippen molar-refractivity contribution < 1.29 is 0 Å². The summed E-state index contributed by atoms with van der Waals surface area (Å²) in [6, 6.07) is 16.8. The van der Waals surface area contributed by atoms with Gasteiger partial charge in [0.2, 0.25) is 5.95 Å². The van der Waals surface area contributed by atoms with Crippen molar-refractivity contribution in [2.45, 2.75) is 32.9 Å². The molecule has 0 bridgehead atoms. The van der Waals surface area contributed by atoms with Crippen LogP contribution in [-0.4, -0.2) is 28.6 Å². The zero-order valence-corrected chi connectivity index (χ0v) is 15.9. The first-order valence-corrected chi connectivity index (χ1v) is 9.63. The van der Waals surface area contributed by atoms with Gasteiger partial charge in [-0.2, -0.15) is 0 Å². The Bertz CT molecular complexity index is 950. The Balaban J connectivity index is 1.72. The molecule has 4 rings (SSSR count). The number of para-hydroxylation sites is 2. The molecule has 0 fully saturated rings. The second kappa shape index (κ2) is 7.31. The summed E-state index contributed by atoms with van der Waals surface area (Å²) in [7, 11) is 0. The van der Waals surface area contributed by atoms with Crippen molar-refractivity contribution in [1.82, 2.24) is 9.55 Å². The number of benzene rings is 2. The molecule has 0 amide bonds.